The first-order valence-corrected chi connectivity index (χ1v) is 8.69. The quantitative estimate of drug-likeness (QED) is 0.663. The standard InChI is InChI=1S/C16H25N3O4S/c1-9(2)14(23)18-15-17-11(8-24-15)6-12(20)19-16(5,10(3)4)7-13(21)22/h8-10H,6-7H2,1-5H3,(H,19,20)(H,21,22)(H,17,18,23). The van der Waals surface area contributed by atoms with Crippen molar-refractivity contribution in [2.75, 3.05) is 5.32 Å². The molecule has 2 amide bonds. The molecule has 0 saturated carbocycles. The number of hydrogen-bond donors (Lipinski definition) is 3. The maximum Gasteiger partial charge on any atom is 0.305 e. The van der Waals surface area contributed by atoms with Crippen LogP contribution in [-0.2, 0) is 20.8 Å². The molecule has 0 aromatic carbocycles. The monoisotopic (exact) mass is 355 g/mol. The van der Waals surface area contributed by atoms with Gasteiger partial charge in [-0.2, -0.15) is 0 Å². The summed E-state index contributed by atoms with van der Waals surface area (Å²) in [4.78, 5) is 39.1. The molecule has 1 unspecified atom stereocenters. The van der Waals surface area contributed by atoms with E-state index in [0.717, 1.165) is 0 Å². The first-order chi connectivity index (χ1) is 11.0. The van der Waals surface area contributed by atoms with Crippen molar-refractivity contribution in [1.82, 2.24) is 10.3 Å². The molecule has 0 fully saturated rings. The van der Waals surface area contributed by atoms with Crippen molar-refractivity contribution < 1.29 is 19.5 Å². The van der Waals surface area contributed by atoms with Crippen LogP contribution in [0.2, 0.25) is 0 Å². The Kier molecular flexibility index (Phi) is 6.89. The van der Waals surface area contributed by atoms with E-state index in [1.165, 1.54) is 11.3 Å². The maximum absolute atomic E-state index is 12.2. The topological polar surface area (TPSA) is 108 Å². The minimum Gasteiger partial charge on any atom is -0.481 e. The highest BCUT2D eigenvalue weighted by Gasteiger charge is 2.32. The lowest BCUT2D eigenvalue weighted by Gasteiger charge is -2.33. The van der Waals surface area contributed by atoms with Gasteiger partial charge in [0.1, 0.15) is 0 Å². The number of carboxylic acid groups (broad SMARTS) is 1. The Morgan fingerprint density at radius 3 is 2.42 bits per heavy atom. The summed E-state index contributed by atoms with van der Waals surface area (Å²) < 4.78 is 0. The van der Waals surface area contributed by atoms with Crippen LogP contribution in [-0.4, -0.2) is 33.4 Å². The number of hydrogen-bond acceptors (Lipinski definition) is 5. The molecule has 1 aromatic heterocycles. The molecule has 0 bridgehead atoms. The number of carboxylic acids is 1. The number of rotatable bonds is 8. The summed E-state index contributed by atoms with van der Waals surface area (Å²) in [6, 6.07) is 0. The van der Waals surface area contributed by atoms with E-state index in [1.807, 2.05) is 13.8 Å². The number of aliphatic carboxylic acids is 1. The molecule has 1 atom stereocenters. The molecule has 0 aliphatic carbocycles. The number of nitrogens with one attached hydrogen (secondary N) is 2. The van der Waals surface area contributed by atoms with E-state index in [0.29, 0.717) is 10.8 Å². The van der Waals surface area contributed by atoms with Crippen molar-refractivity contribution in [2.45, 2.75) is 53.0 Å². The molecule has 0 aliphatic heterocycles. The van der Waals surface area contributed by atoms with E-state index < -0.39 is 11.5 Å². The van der Waals surface area contributed by atoms with Gasteiger partial charge >= 0.3 is 5.97 Å². The molecule has 0 saturated heterocycles. The van der Waals surface area contributed by atoms with Gasteiger partial charge in [0, 0.05) is 16.8 Å². The van der Waals surface area contributed by atoms with E-state index in [2.05, 4.69) is 15.6 Å². The third kappa shape index (κ3) is 5.92. The van der Waals surface area contributed by atoms with Crippen LogP contribution >= 0.6 is 11.3 Å². The Morgan fingerprint density at radius 1 is 1.29 bits per heavy atom. The summed E-state index contributed by atoms with van der Waals surface area (Å²) in [7, 11) is 0. The van der Waals surface area contributed by atoms with Gasteiger partial charge in [-0.05, 0) is 12.8 Å². The molecule has 1 heterocycles. The lowest BCUT2D eigenvalue weighted by molar-refractivity contribution is -0.139. The van der Waals surface area contributed by atoms with Gasteiger partial charge < -0.3 is 15.7 Å². The van der Waals surface area contributed by atoms with E-state index in [1.54, 1.807) is 26.2 Å². The highest BCUT2D eigenvalue weighted by Crippen LogP contribution is 2.22. The number of carbonyl (C=O) groups excluding carboxylic acids is 2. The van der Waals surface area contributed by atoms with Crippen LogP contribution in [0.1, 0.15) is 46.7 Å². The van der Waals surface area contributed by atoms with Gasteiger partial charge in [0.15, 0.2) is 5.13 Å². The van der Waals surface area contributed by atoms with Crippen molar-refractivity contribution >= 4 is 34.3 Å². The summed E-state index contributed by atoms with van der Waals surface area (Å²) in [5.41, 5.74) is -0.286. The number of amides is 2. The zero-order chi connectivity index (χ0) is 18.5. The highest BCUT2D eigenvalue weighted by molar-refractivity contribution is 7.13. The Hall–Kier alpha value is -1.96. The zero-order valence-electron chi connectivity index (χ0n) is 14.7. The van der Waals surface area contributed by atoms with Crippen molar-refractivity contribution in [3.63, 3.8) is 0 Å². The van der Waals surface area contributed by atoms with E-state index in [9.17, 15) is 14.4 Å². The third-order valence-electron chi connectivity index (χ3n) is 3.87. The van der Waals surface area contributed by atoms with Crippen molar-refractivity contribution in [3.05, 3.63) is 11.1 Å². The maximum atomic E-state index is 12.2. The van der Waals surface area contributed by atoms with Crippen LogP contribution in [0.3, 0.4) is 0 Å². The van der Waals surface area contributed by atoms with E-state index in [4.69, 9.17) is 5.11 Å². The van der Waals surface area contributed by atoms with Crippen LogP contribution in [0.5, 0.6) is 0 Å². The first-order valence-electron chi connectivity index (χ1n) is 7.81. The minimum atomic E-state index is -0.959. The second kappa shape index (κ2) is 8.23. The van der Waals surface area contributed by atoms with Gasteiger partial charge in [0.2, 0.25) is 11.8 Å². The van der Waals surface area contributed by atoms with Crippen molar-refractivity contribution in [1.29, 1.82) is 0 Å². The number of thiazole rings is 1. The van der Waals surface area contributed by atoms with Crippen molar-refractivity contribution in [2.24, 2.45) is 11.8 Å². The van der Waals surface area contributed by atoms with Crippen LogP contribution < -0.4 is 10.6 Å². The molecule has 1 aromatic rings. The predicted octanol–water partition coefficient (Wildman–Crippen LogP) is 2.29. The molecule has 134 valence electrons. The van der Waals surface area contributed by atoms with Crippen LogP contribution in [0.15, 0.2) is 5.38 Å². The summed E-state index contributed by atoms with van der Waals surface area (Å²) >= 11 is 1.26. The van der Waals surface area contributed by atoms with Crippen LogP contribution in [0, 0.1) is 11.8 Å². The normalized spacial score (nSPS) is 13.6. The van der Waals surface area contributed by atoms with E-state index >= 15 is 0 Å². The summed E-state index contributed by atoms with van der Waals surface area (Å²) in [6.45, 7) is 9.02. The average molecular weight is 355 g/mol. The SMILES string of the molecule is CC(C)C(=O)Nc1nc(CC(=O)NC(C)(CC(=O)O)C(C)C)cs1. The van der Waals surface area contributed by atoms with Gasteiger partial charge in [-0.25, -0.2) is 4.98 Å². The second-order valence-electron chi connectivity index (χ2n) is 6.66. The summed E-state index contributed by atoms with van der Waals surface area (Å²) in [6.07, 6.45) is -0.112. The van der Waals surface area contributed by atoms with Crippen LogP contribution in [0.25, 0.3) is 0 Å². The molecule has 0 radical (unpaired) electrons. The number of nitrogens with zero attached hydrogens (tertiary/aromatic N) is 1. The fourth-order valence-corrected chi connectivity index (χ4v) is 2.64. The van der Waals surface area contributed by atoms with Gasteiger partial charge in [-0.1, -0.05) is 27.7 Å². The van der Waals surface area contributed by atoms with Gasteiger partial charge in [-0.15, -0.1) is 11.3 Å². The lowest BCUT2D eigenvalue weighted by Crippen LogP contribution is -2.51. The largest absolute Gasteiger partial charge is 0.481 e. The molecule has 8 heteroatoms. The molecule has 1 rings (SSSR count). The van der Waals surface area contributed by atoms with Gasteiger partial charge in [0.05, 0.1) is 18.5 Å². The molecule has 3 N–H and O–H groups in total. The third-order valence-corrected chi connectivity index (χ3v) is 4.67. The second-order valence-corrected chi connectivity index (χ2v) is 7.51. The number of carbonyl (C=O) groups is 3. The Labute approximate surface area is 145 Å². The predicted molar refractivity (Wildman–Crippen MR) is 92.9 cm³/mol. The summed E-state index contributed by atoms with van der Waals surface area (Å²) in [5, 5.41) is 16.7. The highest BCUT2D eigenvalue weighted by atomic mass is 32.1. The zero-order valence-corrected chi connectivity index (χ0v) is 15.5. The minimum absolute atomic E-state index is 0.0334. The van der Waals surface area contributed by atoms with E-state index in [-0.39, 0.29) is 36.5 Å². The van der Waals surface area contributed by atoms with Gasteiger partial charge in [0.25, 0.3) is 0 Å². The van der Waals surface area contributed by atoms with Crippen molar-refractivity contribution in [3.8, 4) is 0 Å². The molecule has 0 spiro atoms. The van der Waals surface area contributed by atoms with Crippen LogP contribution in [0.4, 0.5) is 5.13 Å². The smallest absolute Gasteiger partial charge is 0.305 e. The molecule has 24 heavy (non-hydrogen) atoms. The molecular formula is C16H25N3O4S. The molecule has 0 aliphatic rings. The molecule has 7 nitrogen and oxygen atoms in total. The van der Waals surface area contributed by atoms with Gasteiger partial charge in [-0.3, -0.25) is 14.4 Å². The molecular weight excluding hydrogens is 330 g/mol. The fraction of sp³-hybridized carbons (Fsp3) is 0.625. The Balaban J connectivity index is 2.69. The first kappa shape index (κ1) is 20.1. The Morgan fingerprint density at radius 2 is 1.92 bits per heavy atom. The number of aromatic nitrogens is 1. The fourth-order valence-electron chi connectivity index (χ4n) is 1.93. The average Bonchev–Trinajstić information content (AvgIpc) is 2.84. The summed E-state index contributed by atoms with van der Waals surface area (Å²) in [5.74, 6) is -1.56. The Bertz CT molecular complexity index is 612. The lowest BCUT2D eigenvalue weighted by atomic mass is 9.85. The number of anilines is 1.